The lowest BCUT2D eigenvalue weighted by Crippen LogP contribution is -2.54. The fourth-order valence-electron chi connectivity index (χ4n) is 2.62. The van der Waals surface area contributed by atoms with E-state index in [9.17, 15) is 9.59 Å². The van der Waals surface area contributed by atoms with Gasteiger partial charge in [0.1, 0.15) is 17.1 Å². The van der Waals surface area contributed by atoms with E-state index in [1.165, 1.54) is 11.0 Å². The standard InChI is InChI=1S/C20H18N2O4S/c1-3-26-16-8-4-13(5-9-16)12-17-18(23)21-20(27)22(19(17)24)14-6-10-15(25-2)11-7-14/h4-12H,3H2,1-2H3,(H,21,23,27)/b17-12+. The number of carbonyl (C=O) groups is 2. The molecule has 0 radical (unpaired) electrons. The minimum absolute atomic E-state index is 0.00331. The van der Waals surface area contributed by atoms with E-state index in [-0.39, 0.29) is 10.7 Å². The van der Waals surface area contributed by atoms with Crippen molar-refractivity contribution >= 4 is 40.9 Å². The molecule has 1 fully saturated rings. The van der Waals surface area contributed by atoms with E-state index in [0.717, 1.165) is 5.75 Å². The van der Waals surface area contributed by atoms with E-state index in [1.807, 2.05) is 6.92 Å². The van der Waals surface area contributed by atoms with Crippen LogP contribution in [0, 0.1) is 0 Å². The first kappa shape index (κ1) is 18.6. The molecule has 2 amide bonds. The van der Waals surface area contributed by atoms with E-state index in [0.29, 0.717) is 23.6 Å². The van der Waals surface area contributed by atoms with Crippen molar-refractivity contribution in [2.75, 3.05) is 18.6 Å². The molecule has 1 aliphatic heterocycles. The van der Waals surface area contributed by atoms with Crippen LogP contribution >= 0.6 is 12.2 Å². The summed E-state index contributed by atoms with van der Waals surface area (Å²) < 4.78 is 10.5. The summed E-state index contributed by atoms with van der Waals surface area (Å²) in [5, 5.41) is 2.60. The van der Waals surface area contributed by atoms with Gasteiger partial charge in [-0.25, -0.2) is 0 Å². The van der Waals surface area contributed by atoms with Gasteiger partial charge in [-0.15, -0.1) is 0 Å². The molecular formula is C20H18N2O4S. The van der Waals surface area contributed by atoms with Crippen LogP contribution in [0.5, 0.6) is 11.5 Å². The zero-order valence-electron chi connectivity index (χ0n) is 14.9. The number of hydrogen-bond acceptors (Lipinski definition) is 5. The minimum Gasteiger partial charge on any atom is -0.497 e. The molecule has 0 unspecified atom stereocenters. The molecule has 1 heterocycles. The third-order valence-electron chi connectivity index (χ3n) is 3.93. The predicted molar refractivity (Wildman–Crippen MR) is 107 cm³/mol. The van der Waals surface area contributed by atoms with Crippen molar-refractivity contribution in [3.63, 3.8) is 0 Å². The van der Waals surface area contributed by atoms with Crippen LogP contribution in [-0.2, 0) is 9.59 Å². The van der Waals surface area contributed by atoms with Gasteiger partial charge < -0.3 is 9.47 Å². The number of carbonyl (C=O) groups excluding carboxylic acids is 2. The maximum atomic E-state index is 12.9. The van der Waals surface area contributed by atoms with Gasteiger partial charge in [0, 0.05) is 0 Å². The normalized spacial score (nSPS) is 15.7. The quantitative estimate of drug-likeness (QED) is 0.489. The predicted octanol–water partition coefficient (Wildman–Crippen LogP) is 2.93. The maximum Gasteiger partial charge on any atom is 0.270 e. The average molecular weight is 382 g/mol. The first-order valence-electron chi connectivity index (χ1n) is 8.32. The van der Waals surface area contributed by atoms with Crippen molar-refractivity contribution in [3.05, 3.63) is 59.7 Å². The first-order chi connectivity index (χ1) is 13.0. The van der Waals surface area contributed by atoms with Crippen molar-refractivity contribution < 1.29 is 19.1 Å². The van der Waals surface area contributed by atoms with Gasteiger partial charge in [0.15, 0.2) is 5.11 Å². The number of rotatable bonds is 5. The van der Waals surface area contributed by atoms with Crippen LogP contribution < -0.4 is 19.7 Å². The Bertz CT molecular complexity index is 905. The van der Waals surface area contributed by atoms with Crippen LogP contribution in [0.2, 0.25) is 0 Å². The Hall–Kier alpha value is -3.19. The van der Waals surface area contributed by atoms with Crippen LogP contribution in [0.4, 0.5) is 5.69 Å². The van der Waals surface area contributed by atoms with Crippen LogP contribution in [0.25, 0.3) is 6.08 Å². The second-order valence-corrected chi connectivity index (χ2v) is 6.04. The number of amides is 2. The third kappa shape index (κ3) is 3.98. The molecule has 1 aliphatic rings. The van der Waals surface area contributed by atoms with Crippen molar-refractivity contribution in [3.8, 4) is 11.5 Å². The van der Waals surface area contributed by atoms with Gasteiger partial charge >= 0.3 is 0 Å². The number of ether oxygens (including phenoxy) is 2. The average Bonchev–Trinajstić information content (AvgIpc) is 2.67. The van der Waals surface area contributed by atoms with Gasteiger partial charge in [-0.3, -0.25) is 19.8 Å². The highest BCUT2D eigenvalue weighted by Crippen LogP contribution is 2.24. The Morgan fingerprint density at radius 3 is 2.26 bits per heavy atom. The number of hydrogen-bond donors (Lipinski definition) is 1. The minimum atomic E-state index is -0.524. The van der Waals surface area contributed by atoms with Crippen molar-refractivity contribution in [1.29, 1.82) is 0 Å². The Balaban J connectivity index is 1.91. The molecule has 2 aromatic carbocycles. The van der Waals surface area contributed by atoms with E-state index >= 15 is 0 Å². The van der Waals surface area contributed by atoms with Gasteiger partial charge in [0.25, 0.3) is 11.8 Å². The summed E-state index contributed by atoms with van der Waals surface area (Å²) in [5.41, 5.74) is 1.26. The fraction of sp³-hybridized carbons (Fsp3) is 0.150. The highest BCUT2D eigenvalue weighted by atomic mass is 32.1. The van der Waals surface area contributed by atoms with Crippen LogP contribution in [0.3, 0.4) is 0 Å². The molecule has 6 nitrogen and oxygen atoms in total. The van der Waals surface area contributed by atoms with E-state index in [2.05, 4.69) is 5.32 Å². The second-order valence-electron chi connectivity index (χ2n) is 5.66. The molecule has 0 atom stereocenters. The topological polar surface area (TPSA) is 67.9 Å². The molecule has 0 aliphatic carbocycles. The number of thiocarbonyl (C=S) groups is 1. The number of nitrogens with one attached hydrogen (secondary N) is 1. The number of anilines is 1. The number of methoxy groups -OCH3 is 1. The highest BCUT2D eigenvalue weighted by Gasteiger charge is 2.34. The smallest absolute Gasteiger partial charge is 0.270 e. The van der Waals surface area contributed by atoms with Crippen LogP contribution in [0.1, 0.15) is 12.5 Å². The van der Waals surface area contributed by atoms with Gasteiger partial charge in [-0.2, -0.15) is 0 Å². The Labute approximate surface area is 162 Å². The van der Waals surface area contributed by atoms with Crippen molar-refractivity contribution in [1.82, 2.24) is 5.32 Å². The molecule has 0 bridgehead atoms. The summed E-state index contributed by atoms with van der Waals surface area (Å²) in [4.78, 5) is 26.5. The monoisotopic (exact) mass is 382 g/mol. The Morgan fingerprint density at radius 1 is 1.04 bits per heavy atom. The summed E-state index contributed by atoms with van der Waals surface area (Å²) in [6.07, 6.45) is 1.53. The summed E-state index contributed by atoms with van der Waals surface area (Å²) in [5.74, 6) is 0.370. The molecular weight excluding hydrogens is 364 g/mol. The second kappa shape index (κ2) is 8.01. The maximum absolute atomic E-state index is 12.9. The Kier molecular flexibility index (Phi) is 5.52. The third-order valence-corrected chi connectivity index (χ3v) is 4.22. The molecule has 0 saturated carbocycles. The van der Waals surface area contributed by atoms with Gasteiger partial charge in [0.2, 0.25) is 0 Å². The lowest BCUT2D eigenvalue weighted by Gasteiger charge is -2.29. The highest BCUT2D eigenvalue weighted by molar-refractivity contribution is 7.80. The van der Waals surface area contributed by atoms with E-state index in [1.54, 1.807) is 55.6 Å². The SMILES string of the molecule is CCOc1ccc(/C=C2\C(=O)NC(=S)N(c3ccc(OC)cc3)C2=O)cc1. The summed E-state index contributed by atoms with van der Waals surface area (Å²) in [6, 6.07) is 14.0. The molecule has 27 heavy (non-hydrogen) atoms. The molecule has 3 rings (SSSR count). The van der Waals surface area contributed by atoms with Crippen molar-refractivity contribution in [2.24, 2.45) is 0 Å². The van der Waals surface area contributed by atoms with Gasteiger partial charge in [-0.05, 0) is 67.2 Å². The van der Waals surface area contributed by atoms with Gasteiger partial charge in [-0.1, -0.05) is 12.1 Å². The molecule has 138 valence electrons. The lowest BCUT2D eigenvalue weighted by atomic mass is 10.1. The van der Waals surface area contributed by atoms with Crippen LogP contribution in [-0.4, -0.2) is 30.6 Å². The zero-order valence-corrected chi connectivity index (χ0v) is 15.7. The first-order valence-corrected chi connectivity index (χ1v) is 8.72. The van der Waals surface area contributed by atoms with E-state index in [4.69, 9.17) is 21.7 Å². The zero-order chi connectivity index (χ0) is 19.4. The van der Waals surface area contributed by atoms with E-state index < -0.39 is 11.8 Å². The number of benzene rings is 2. The molecule has 2 aromatic rings. The van der Waals surface area contributed by atoms with Gasteiger partial charge in [0.05, 0.1) is 19.4 Å². The van der Waals surface area contributed by atoms with Crippen molar-refractivity contribution in [2.45, 2.75) is 6.92 Å². The van der Waals surface area contributed by atoms with Crippen LogP contribution in [0.15, 0.2) is 54.1 Å². The number of nitrogens with zero attached hydrogens (tertiary/aromatic N) is 1. The molecule has 1 N–H and O–H groups in total. The summed E-state index contributed by atoms with van der Waals surface area (Å²) >= 11 is 5.19. The molecule has 0 spiro atoms. The largest absolute Gasteiger partial charge is 0.497 e. The summed E-state index contributed by atoms with van der Waals surface area (Å²) in [7, 11) is 1.56. The summed E-state index contributed by atoms with van der Waals surface area (Å²) in [6.45, 7) is 2.47. The lowest BCUT2D eigenvalue weighted by molar-refractivity contribution is -0.122. The molecule has 0 aromatic heterocycles. The fourth-order valence-corrected chi connectivity index (χ4v) is 2.90. The Morgan fingerprint density at radius 2 is 1.67 bits per heavy atom. The molecule has 1 saturated heterocycles. The molecule has 7 heteroatoms.